The van der Waals surface area contributed by atoms with Crippen molar-refractivity contribution in [2.45, 2.75) is 33.1 Å². The zero-order chi connectivity index (χ0) is 16.1. The number of hydrogen-bond donors (Lipinski definition) is 1. The van der Waals surface area contributed by atoms with Gasteiger partial charge in [-0.25, -0.2) is 4.39 Å². The molecule has 0 saturated carbocycles. The first-order valence-corrected chi connectivity index (χ1v) is 7.67. The van der Waals surface area contributed by atoms with Crippen molar-refractivity contribution < 1.29 is 9.13 Å². The van der Waals surface area contributed by atoms with Crippen LogP contribution in [0.2, 0.25) is 0 Å². The molecule has 0 amide bonds. The molecule has 2 aromatic rings. The molecule has 2 aromatic carbocycles. The van der Waals surface area contributed by atoms with Gasteiger partial charge in [-0.15, -0.1) is 0 Å². The number of halogens is 1. The van der Waals surface area contributed by atoms with Gasteiger partial charge in [0.1, 0.15) is 11.6 Å². The van der Waals surface area contributed by atoms with Crippen molar-refractivity contribution in [2.24, 2.45) is 5.73 Å². The van der Waals surface area contributed by atoms with E-state index >= 15 is 0 Å². The minimum atomic E-state index is -0.221. The van der Waals surface area contributed by atoms with E-state index in [2.05, 4.69) is 32.9 Å². The maximum atomic E-state index is 13.0. The van der Waals surface area contributed by atoms with E-state index in [0.717, 1.165) is 23.3 Å². The summed E-state index contributed by atoms with van der Waals surface area (Å²) in [6.45, 7) is 7.37. The SMILES string of the molecule is Cc1cc(C)c(OCCC(CN)c2ccc(F)cc2)cc1C. The Kier molecular flexibility index (Phi) is 5.56. The summed E-state index contributed by atoms with van der Waals surface area (Å²) in [5.41, 5.74) is 10.6. The quantitative estimate of drug-likeness (QED) is 0.865. The molecule has 0 bridgehead atoms. The van der Waals surface area contributed by atoms with Crippen molar-refractivity contribution in [1.29, 1.82) is 0 Å². The summed E-state index contributed by atoms with van der Waals surface area (Å²) in [6, 6.07) is 10.8. The summed E-state index contributed by atoms with van der Waals surface area (Å²) in [5.74, 6) is 0.895. The molecule has 0 saturated heterocycles. The molecule has 0 aliphatic carbocycles. The van der Waals surface area contributed by atoms with E-state index in [-0.39, 0.29) is 11.7 Å². The monoisotopic (exact) mass is 301 g/mol. The van der Waals surface area contributed by atoms with Gasteiger partial charge in [0.15, 0.2) is 0 Å². The van der Waals surface area contributed by atoms with E-state index in [4.69, 9.17) is 10.5 Å². The molecule has 2 nitrogen and oxygen atoms in total. The number of benzene rings is 2. The van der Waals surface area contributed by atoms with E-state index < -0.39 is 0 Å². The van der Waals surface area contributed by atoms with E-state index in [1.807, 2.05) is 0 Å². The lowest BCUT2D eigenvalue weighted by molar-refractivity contribution is 0.296. The average molecular weight is 301 g/mol. The van der Waals surface area contributed by atoms with E-state index in [9.17, 15) is 4.39 Å². The normalized spacial score (nSPS) is 12.2. The fourth-order valence-electron chi connectivity index (χ4n) is 2.56. The van der Waals surface area contributed by atoms with Gasteiger partial charge in [0.05, 0.1) is 6.61 Å². The number of nitrogens with two attached hydrogens (primary N) is 1. The van der Waals surface area contributed by atoms with Crippen LogP contribution in [0, 0.1) is 26.6 Å². The van der Waals surface area contributed by atoms with E-state index in [1.165, 1.54) is 23.3 Å². The van der Waals surface area contributed by atoms with Gasteiger partial charge in [0.2, 0.25) is 0 Å². The Hall–Kier alpha value is -1.87. The number of aryl methyl sites for hydroxylation is 3. The minimum Gasteiger partial charge on any atom is -0.493 e. The van der Waals surface area contributed by atoms with Gasteiger partial charge >= 0.3 is 0 Å². The second-order valence-electron chi connectivity index (χ2n) is 5.82. The summed E-state index contributed by atoms with van der Waals surface area (Å²) >= 11 is 0. The molecule has 0 fully saturated rings. The van der Waals surface area contributed by atoms with E-state index in [1.54, 1.807) is 12.1 Å². The fraction of sp³-hybridized carbons (Fsp3) is 0.368. The maximum absolute atomic E-state index is 13.0. The third kappa shape index (κ3) is 4.08. The number of rotatable bonds is 6. The molecule has 1 atom stereocenters. The number of hydrogen-bond acceptors (Lipinski definition) is 2. The molecule has 1 unspecified atom stereocenters. The first-order valence-electron chi connectivity index (χ1n) is 7.67. The van der Waals surface area contributed by atoms with Crippen LogP contribution in [0.3, 0.4) is 0 Å². The number of ether oxygens (including phenoxy) is 1. The molecule has 0 heterocycles. The van der Waals surface area contributed by atoms with Crippen molar-refractivity contribution in [1.82, 2.24) is 0 Å². The fourth-order valence-corrected chi connectivity index (χ4v) is 2.56. The predicted octanol–water partition coefficient (Wildman–Crippen LogP) is 4.26. The Morgan fingerprint density at radius 1 is 1.00 bits per heavy atom. The highest BCUT2D eigenvalue weighted by Gasteiger charge is 2.11. The van der Waals surface area contributed by atoms with Gasteiger partial charge in [0, 0.05) is 0 Å². The molecule has 0 aliphatic heterocycles. The van der Waals surface area contributed by atoms with Crippen LogP contribution in [0.4, 0.5) is 4.39 Å². The largest absolute Gasteiger partial charge is 0.493 e. The molecule has 0 spiro atoms. The maximum Gasteiger partial charge on any atom is 0.123 e. The first-order chi connectivity index (χ1) is 10.5. The third-order valence-electron chi connectivity index (χ3n) is 4.14. The highest BCUT2D eigenvalue weighted by Crippen LogP contribution is 2.24. The lowest BCUT2D eigenvalue weighted by Gasteiger charge is -2.17. The van der Waals surface area contributed by atoms with Gasteiger partial charge in [-0.05, 0) is 80.1 Å². The molecule has 0 aliphatic rings. The summed E-state index contributed by atoms with van der Waals surface area (Å²) in [7, 11) is 0. The Morgan fingerprint density at radius 3 is 2.27 bits per heavy atom. The second-order valence-corrected chi connectivity index (χ2v) is 5.82. The van der Waals surface area contributed by atoms with Crippen LogP contribution < -0.4 is 10.5 Å². The van der Waals surface area contributed by atoms with Crippen molar-refractivity contribution in [3.05, 3.63) is 64.5 Å². The van der Waals surface area contributed by atoms with Crippen LogP contribution in [0.15, 0.2) is 36.4 Å². The second kappa shape index (κ2) is 7.41. The van der Waals surface area contributed by atoms with Crippen LogP contribution in [0.5, 0.6) is 5.75 Å². The van der Waals surface area contributed by atoms with Crippen LogP contribution in [-0.4, -0.2) is 13.2 Å². The standard InChI is InChI=1S/C19H24FNO/c1-13-10-15(3)19(11-14(13)2)22-9-8-17(12-21)16-4-6-18(20)7-5-16/h4-7,10-11,17H,8-9,12,21H2,1-3H3. The van der Waals surface area contributed by atoms with Crippen molar-refractivity contribution in [3.63, 3.8) is 0 Å². The zero-order valence-electron chi connectivity index (χ0n) is 13.5. The van der Waals surface area contributed by atoms with Crippen LogP contribution in [0.1, 0.15) is 34.6 Å². The molecule has 2 N–H and O–H groups in total. The molecule has 0 aromatic heterocycles. The molecular weight excluding hydrogens is 277 g/mol. The van der Waals surface area contributed by atoms with Crippen molar-refractivity contribution >= 4 is 0 Å². The smallest absolute Gasteiger partial charge is 0.123 e. The lowest BCUT2D eigenvalue weighted by atomic mass is 9.96. The summed E-state index contributed by atoms with van der Waals surface area (Å²) in [6.07, 6.45) is 0.814. The molecular formula is C19H24FNO. The Bertz CT molecular complexity index is 622. The summed E-state index contributed by atoms with van der Waals surface area (Å²) < 4.78 is 18.9. The lowest BCUT2D eigenvalue weighted by Crippen LogP contribution is -2.15. The molecule has 22 heavy (non-hydrogen) atoms. The Labute approximate surface area is 132 Å². The predicted molar refractivity (Wildman–Crippen MR) is 89.0 cm³/mol. The van der Waals surface area contributed by atoms with Gasteiger partial charge in [-0.3, -0.25) is 0 Å². The summed E-state index contributed by atoms with van der Waals surface area (Å²) in [4.78, 5) is 0. The molecule has 2 rings (SSSR count). The van der Waals surface area contributed by atoms with Gasteiger partial charge in [-0.2, -0.15) is 0 Å². The van der Waals surface area contributed by atoms with Gasteiger partial charge in [-0.1, -0.05) is 18.2 Å². The minimum absolute atomic E-state index is 0.187. The summed E-state index contributed by atoms with van der Waals surface area (Å²) in [5, 5.41) is 0. The Morgan fingerprint density at radius 2 is 1.64 bits per heavy atom. The molecule has 118 valence electrons. The van der Waals surface area contributed by atoms with E-state index in [0.29, 0.717) is 13.2 Å². The van der Waals surface area contributed by atoms with Crippen LogP contribution >= 0.6 is 0 Å². The van der Waals surface area contributed by atoms with Crippen LogP contribution in [-0.2, 0) is 0 Å². The third-order valence-corrected chi connectivity index (χ3v) is 4.14. The Balaban J connectivity index is 1.97. The zero-order valence-corrected chi connectivity index (χ0v) is 13.5. The highest BCUT2D eigenvalue weighted by atomic mass is 19.1. The topological polar surface area (TPSA) is 35.2 Å². The van der Waals surface area contributed by atoms with Crippen molar-refractivity contribution in [2.75, 3.05) is 13.2 Å². The first kappa shape index (κ1) is 16.5. The molecule has 3 heteroatoms. The van der Waals surface area contributed by atoms with Gasteiger partial charge < -0.3 is 10.5 Å². The van der Waals surface area contributed by atoms with Crippen LogP contribution in [0.25, 0.3) is 0 Å². The average Bonchev–Trinajstić information content (AvgIpc) is 2.50. The van der Waals surface area contributed by atoms with Crippen molar-refractivity contribution in [3.8, 4) is 5.75 Å². The highest BCUT2D eigenvalue weighted by molar-refractivity contribution is 5.40. The molecule has 0 radical (unpaired) electrons. The van der Waals surface area contributed by atoms with Gasteiger partial charge in [0.25, 0.3) is 0 Å².